The fourth-order valence-corrected chi connectivity index (χ4v) is 2.84. The van der Waals surface area contributed by atoms with Crippen LogP contribution in [0.25, 0.3) is 0 Å². The second kappa shape index (κ2) is 6.64. The molecular formula is C14H19BrFNO. The smallest absolute Gasteiger partial charge is 0.129 e. The van der Waals surface area contributed by atoms with Gasteiger partial charge in [0.25, 0.3) is 0 Å². The number of hydrogen-bond acceptors (Lipinski definition) is 2. The highest BCUT2D eigenvalue weighted by atomic mass is 79.9. The van der Waals surface area contributed by atoms with Crippen LogP contribution in [0, 0.1) is 11.7 Å². The van der Waals surface area contributed by atoms with Crippen LogP contribution in [0.5, 0.6) is 0 Å². The van der Waals surface area contributed by atoms with Crippen molar-refractivity contribution < 1.29 is 9.13 Å². The molecule has 0 aromatic heterocycles. The maximum Gasteiger partial charge on any atom is 0.129 e. The first kappa shape index (κ1) is 14.0. The lowest BCUT2D eigenvalue weighted by molar-refractivity contribution is -0.0295. The molecule has 1 aromatic rings. The van der Waals surface area contributed by atoms with Gasteiger partial charge in [0.15, 0.2) is 0 Å². The van der Waals surface area contributed by atoms with Gasteiger partial charge in [-0.05, 0) is 37.6 Å². The highest BCUT2D eigenvalue weighted by Gasteiger charge is 2.29. The third kappa shape index (κ3) is 3.31. The number of benzene rings is 1. The summed E-state index contributed by atoms with van der Waals surface area (Å²) in [5, 5.41) is 3.34. The van der Waals surface area contributed by atoms with E-state index in [0.29, 0.717) is 11.5 Å². The van der Waals surface area contributed by atoms with Gasteiger partial charge in [0.05, 0.1) is 6.10 Å². The second-order valence-corrected chi connectivity index (χ2v) is 5.58. The molecule has 18 heavy (non-hydrogen) atoms. The zero-order valence-electron chi connectivity index (χ0n) is 10.6. The van der Waals surface area contributed by atoms with Gasteiger partial charge in [0, 0.05) is 29.1 Å². The first-order valence-corrected chi connectivity index (χ1v) is 7.29. The van der Waals surface area contributed by atoms with Gasteiger partial charge in [-0.3, -0.25) is 0 Å². The average Bonchev–Trinajstić information content (AvgIpc) is 2.39. The van der Waals surface area contributed by atoms with Crippen molar-refractivity contribution in [1.82, 2.24) is 5.32 Å². The summed E-state index contributed by atoms with van der Waals surface area (Å²) in [5.74, 6) is 0.175. The topological polar surface area (TPSA) is 21.3 Å². The molecule has 1 N–H and O–H groups in total. The van der Waals surface area contributed by atoms with Crippen LogP contribution in [-0.4, -0.2) is 19.7 Å². The van der Waals surface area contributed by atoms with Crippen molar-refractivity contribution in [1.29, 1.82) is 0 Å². The largest absolute Gasteiger partial charge is 0.373 e. The Balaban J connectivity index is 2.19. The quantitative estimate of drug-likeness (QED) is 0.915. The molecule has 1 aromatic carbocycles. The third-order valence-corrected chi connectivity index (χ3v) is 3.86. The van der Waals surface area contributed by atoms with Gasteiger partial charge in [-0.2, -0.15) is 0 Å². The van der Waals surface area contributed by atoms with E-state index in [1.165, 1.54) is 6.07 Å². The molecule has 1 saturated heterocycles. The van der Waals surface area contributed by atoms with Crippen LogP contribution in [-0.2, 0) is 4.74 Å². The summed E-state index contributed by atoms with van der Waals surface area (Å²) in [6.07, 6.45) is 2.02. The van der Waals surface area contributed by atoms with Crippen LogP contribution in [0.1, 0.15) is 31.4 Å². The predicted molar refractivity (Wildman–Crippen MR) is 74.1 cm³/mol. The van der Waals surface area contributed by atoms with Gasteiger partial charge in [0.2, 0.25) is 0 Å². The van der Waals surface area contributed by atoms with E-state index in [9.17, 15) is 4.39 Å². The number of halogens is 2. The van der Waals surface area contributed by atoms with Gasteiger partial charge >= 0.3 is 0 Å². The molecule has 2 atom stereocenters. The summed E-state index contributed by atoms with van der Waals surface area (Å²) in [6, 6.07) is 5.06. The third-order valence-electron chi connectivity index (χ3n) is 3.37. The predicted octanol–water partition coefficient (Wildman–Crippen LogP) is 3.67. The Morgan fingerprint density at radius 2 is 2.33 bits per heavy atom. The molecule has 0 radical (unpaired) electrons. The van der Waals surface area contributed by atoms with Crippen LogP contribution in [0.4, 0.5) is 4.39 Å². The first-order valence-electron chi connectivity index (χ1n) is 6.49. The number of rotatable bonds is 4. The molecule has 0 amide bonds. The summed E-state index contributed by atoms with van der Waals surface area (Å²) in [4.78, 5) is 0. The SMILES string of the molecule is CCNCC1CCCOC1c1cc(Br)ccc1F. The molecule has 2 unspecified atom stereocenters. The molecule has 1 fully saturated rings. The molecule has 4 heteroatoms. The van der Waals surface area contributed by atoms with Gasteiger partial charge in [-0.1, -0.05) is 22.9 Å². The van der Waals surface area contributed by atoms with Crippen molar-refractivity contribution in [3.8, 4) is 0 Å². The Labute approximate surface area is 116 Å². The van der Waals surface area contributed by atoms with E-state index in [1.54, 1.807) is 6.07 Å². The minimum atomic E-state index is -0.174. The summed E-state index contributed by atoms with van der Waals surface area (Å²) < 4.78 is 20.6. The monoisotopic (exact) mass is 315 g/mol. The van der Waals surface area contributed by atoms with E-state index in [2.05, 4.69) is 28.2 Å². The molecule has 0 spiro atoms. The van der Waals surface area contributed by atoms with E-state index in [-0.39, 0.29) is 11.9 Å². The highest BCUT2D eigenvalue weighted by molar-refractivity contribution is 9.10. The molecule has 0 bridgehead atoms. The highest BCUT2D eigenvalue weighted by Crippen LogP contribution is 2.35. The van der Waals surface area contributed by atoms with Gasteiger partial charge in [-0.25, -0.2) is 4.39 Å². The maximum absolute atomic E-state index is 13.9. The second-order valence-electron chi connectivity index (χ2n) is 4.67. The fourth-order valence-electron chi connectivity index (χ4n) is 2.46. The summed E-state index contributed by atoms with van der Waals surface area (Å²) in [5.41, 5.74) is 0.673. The number of nitrogens with one attached hydrogen (secondary N) is 1. The van der Waals surface area contributed by atoms with Gasteiger partial charge < -0.3 is 10.1 Å². The van der Waals surface area contributed by atoms with Crippen molar-refractivity contribution in [3.63, 3.8) is 0 Å². The summed E-state index contributed by atoms with van der Waals surface area (Å²) in [6.45, 7) is 4.62. The van der Waals surface area contributed by atoms with Crippen molar-refractivity contribution in [2.75, 3.05) is 19.7 Å². The molecule has 0 saturated carbocycles. The van der Waals surface area contributed by atoms with E-state index in [4.69, 9.17) is 4.74 Å². The van der Waals surface area contributed by atoms with Crippen molar-refractivity contribution in [3.05, 3.63) is 34.1 Å². The lowest BCUT2D eigenvalue weighted by Crippen LogP contribution is -2.32. The number of ether oxygens (including phenoxy) is 1. The van der Waals surface area contributed by atoms with Crippen molar-refractivity contribution in [2.24, 2.45) is 5.92 Å². The summed E-state index contributed by atoms with van der Waals surface area (Å²) >= 11 is 3.40. The normalized spacial score (nSPS) is 24.2. The molecule has 1 aliphatic heterocycles. The Morgan fingerprint density at radius 1 is 1.50 bits per heavy atom. The summed E-state index contributed by atoms with van der Waals surface area (Å²) in [7, 11) is 0. The van der Waals surface area contributed by atoms with Gasteiger partial charge in [0.1, 0.15) is 5.82 Å². The molecule has 1 heterocycles. The Kier molecular flexibility index (Phi) is 5.15. The van der Waals surface area contributed by atoms with Crippen LogP contribution >= 0.6 is 15.9 Å². The van der Waals surface area contributed by atoms with Crippen LogP contribution in [0.15, 0.2) is 22.7 Å². The van der Waals surface area contributed by atoms with E-state index < -0.39 is 0 Å². The zero-order chi connectivity index (χ0) is 13.0. The lowest BCUT2D eigenvalue weighted by Gasteiger charge is -2.32. The van der Waals surface area contributed by atoms with E-state index in [0.717, 1.165) is 37.0 Å². The molecular weight excluding hydrogens is 297 g/mol. The van der Waals surface area contributed by atoms with Crippen LogP contribution < -0.4 is 5.32 Å². The van der Waals surface area contributed by atoms with E-state index >= 15 is 0 Å². The first-order chi connectivity index (χ1) is 8.72. The standard InChI is InChI=1S/C14H19BrFNO/c1-2-17-9-10-4-3-7-18-14(10)12-8-11(15)5-6-13(12)16/h5-6,8,10,14,17H,2-4,7,9H2,1H3. The molecule has 2 rings (SSSR count). The molecule has 0 aliphatic carbocycles. The fraction of sp³-hybridized carbons (Fsp3) is 0.571. The van der Waals surface area contributed by atoms with Crippen molar-refractivity contribution >= 4 is 15.9 Å². The zero-order valence-corrected chi connectivity index (χ0v) is 12.2. The Morgan fingerprint density at radius 3 is 3.11 bits per heavy atom. The van der Waals surface area contributed by atoms with Gasteiger partial charge in [-0.15, -0.1) is 0 Å². The minimum Gasteiger partial charge on any atom is -0.373 e. The number of hydrogen-bond donors (Lipinski definition) is 1. The maximum atomic E-state index is 13.9. The van der Waals surface area contributed by atoms with Crippen LogP contribution in [0.2, 0.25) is 0 Å². The Bertz CT molecular complexity index is 399. The molecule has 100 valence electrons. The van der Waals surface area contributed by atoms with Crippen molar-refractivity contribution in [2.45, 2.75) is 25.9 Å². The van der Waals surface area contributed by atoms with E-state index in [1.807, 2.05) is 6.07 Å². The average molecular weight is 316 g/mol. The van der Waals surface area contributed by atoms with Crippen LogP contribution in [0.3, 0.4) is 0 Å². The Hall–Kier alpha value is -0.450. The molecule has 2 nitrogen and oxygen atoms in total. The lowest BCUT2D eigenvalue weighted by atomic mass is 9.89. The molecule has 1 aliphatic rings. The minimum absolute atomic E-state index is 0.129.